The van der Waals surface area contributed by atoms with Crippen LogP contribution in [0.1, 0.15) is 85.6 Å². The molecular weight excluding hydrogens is 458 g/mol. The van der Waals surface area contributed by atoms with Gasteiger partial charge in [0.1, 0.15) is 6.54 Å². The zero-order valence-corrected chi connectivity index (χ0v) is 24.6. The topological polar surface area (TPSA) is 58.2 Å². The molecule has 3 rings (SSSR count). The van der Waals surface area contributed by atoms with E-state index in [0.29, 0.717) is 59.6 Å². The van der Waals surface area contributed by atoms with Gasteiger partial charge in [0.15, 0.2) is 13.1 Å². The molecule has 2 saturated carbocycles. The van der Waals surface area contributed by atoms with Crippen LogP contribution in [0.3, 0.4) is 0 Å². The molecule has 5 heteroatoms. The van der Waals surface area contributed by atoms with Crippen molar-refractivity contribution in [3.8, 4) is 0 Å². The van der Waals surface area contributed by atoms with E-state index in [1.54, 1.807) is 0 Å². The summed E-state index contributed by atoms with van der Waals surface area (Å²) in [4.78, 5) is 27.0. The van der Waals surface area contributed by atoms with Gasteiger partial charge in [0.05, 0.1) is 7.05 Å². The number of carbonyl (C=O) groups is 2. The maximum absolute atomic E-state index is 13.5. The van der Waals surface area contributed by atoms with Gasteiger partial charge in [-0.15, -0.1) is 0 Å². The third kappa shape index (κ3) is 8.84. The number of likely N-dealkylation sites (N-methyl/N-ethyl adjacent to an activating group) is 1. The van der Waals surface area contributed by atoms with Crippen LogP contribution in [-0.2, 0) is 16.1 Å². The first kappa shape index (κ1) is 29.7. The standard InChI is InChI=1S/C32H53N3O2/c1-22(2)27-15-13-24(5)17-29(27)33-31(36)20-35(7,19-26-11-9-8-10-12-26)21-32(37)34-30-18-25(6)14-16-28(30)23(3)4/h8-12,22-25,27-30H,13-21H2,1-7H3,(H-,33,34,36,37)/p+1/t24-,25-,27+,28+,29-,30-/m1/s1. The van der Waals surface area contributed by atoms with Crippen molar-refractivity contribution >= 4 is 11.8 Å². The molecule has 5 nitrogen and oxygen atoms in total. The van der Waals surface area contributed by atoms with Gasteiger partial charge in [-0.2, -0.15) is 0 Å². The molecule has 2 aliphatic rings. The molecule has 37 heavy (non-hydrogen) atoms. The first-order valence-corrected chi connectivity index (χ1v) is 14.9. The molecule has 2 amide bonds. The van der Waals surface area contributed by atoms with Crippen molar-refractivity contribution in [3.05, 3.63) is 35.9 Å². The van der Waals surface area contributed by atoms with Gasteiger partial charge >= 0.3 is 0 Å². The van der Waals surface area contributed by atoms with Gasteiger partial charge in [-0.05, 0) is 61.2 Å². The van der Waals surface area contributed by atoms with Crippen molar-refractivity contribution in [2.45, 2.75) is 98.7 Å². The van der Waals surface area contributed by atoms with Crippen molar-refractivity contribution in [1.82, 2.24) is 10.6 Å². The Hall–Kier alpha value is -1.88. The van der Waals surface area contributed by atoms with Gasteiger partial charge in [-0.1, -0.05) is 84.7 Å². The first-order valence-electron chi connectivity index (χ1n) is 14.9. The van der Waals surface area contributed by atoms with Gasteiger partial charge in [-0.3, -0.25) is 9.59 Å². The SMILES string of the molecule is CC(C)[C@@H]1CC[C@@H](C)C[C@H]1NC(=O)C[N+](C)(CC(=O)N[C@@H]1C[C@H](C)CC[C@H]1C(C)C)Cc1ccccc1. The first-order chi connectivity index (χ1) is 17.5. The molecule has 0 heterocycles. The van der Waals surface area contributed by atoms with Gasteiger partial charge < -0.3 is 15.1 Å². The van der Waals surface area contributed by atoms with Crippen LogP contribution in [0.2, 0.25) is 0 Å². The predicted molar refractivity (Wildman–Crippen MR) is 153 cm³/mol. The van der Waals surface area contributed by atoms with Crippen molar-refractivity contribution in [2.24, 2.45) is 35.5 Å². The summed E-state index contributed by atoms with van der Waals surface area (Å²) >= 11 is 0. The Kier molecular flexibility index (Phi) is 10.6. The number of nitrogens with zero attached hydrogens (tertiary/aromatic N) is 1. The molecule has 1 aromatic carbocycles. The summed E-state index contributed by atoms with van der Waals surface area (Å²) in [5.74, 6) is 3.59. The normalized spacial score (nSPS) is 28.8. The molecular formula is C32H54N3O2+. The lowest BCUT2D eigenvalue weighted by Gasteiger charge is -2.40. The maximum atomic E-state index is 13.5. The second kappa shape index (κ2) is 13.3. The van der Waals surface area contributed by atoms with Crippen LogP contribution in [-0.4, -0.2) is 48.5 Å². The molecule has 1 aromatic rings. The number of nitrogens with one attached hydrogen (secondary N) is 2. The van der Waals surface area contributed by atoms with Gasteiger partial charge in [0.2, 0.25) is 0 Å². The summed E-state index contributed by atoms with van der Waals surface area (Å²) in [6.45, 7) is 15.0. The Bertz CT molecular complexity index is 820. The summed E-state index contributed by atoms with van der Waals surface area (Å²) < 4.78 is 0.380. The zero-order chi connectivity index (χ0) is 27.2. The number of hydrogen-bond acceptors (Lipinski definition) is 2. The van der Waals surface area contributed by atoms with Crippen molar-refractivity contribution in [3.63, 3.8) is 0 Å². The maximum Gasteiger partial charge on any atom is 0.275 e. The fraction of sp³-hybridized carbons (Fsp3) is 0.750. The molecule has 2 fully saturated rings. The second-order valence-corrected chi connectivity index (χ2v) is 13.6. The third-order valence-corrected chi connectivity index (χ3v) is 9.20. The third-order valence-electron chi connectivity index (χ3n) is 9.20. The minimum atomic E-state index is 0.0716. The minimum Gasteiger partial charge on any atom is -0.348 e. The van der Waals surface area contributed by atoms with Crippen molar-refractivity contribution < 1.29 is 14.1 Å². The minimum absolute atomic E-state index is 0.0716. The zero-order valence-electron chi connectivity index (χ0n) is 24.6. The summed E-state index contributed by atoms with van der Waals surface area (Å²) in [6, 6.07) is 10.7. The lowest BCUT2D eigenvalue weighted by Crippen LogP contribution is -2.58. The van der Waals surface area contributed by atoms with E-state index < -0.39 is 0 Å². The average molecular weight is 513 g/mol. The van der Waals surface area contributed by atoms with Gasteiger partial charge in [0, 0.05) is 17.6 Å². The van der Waals surface area contributed by atoms with E-state index in [2.05, 4.69) is 71.4 Å². The van der Waals surface area contributed by atoms with Crippen molar-refractivity contribution in [1.29, 1.82) is 0 Å². The smallest absolute Gasteiger partial charge is 0.275 e. The van der Waals surface area contributed by atoms with Gasteiger partial charge in [-0.25, -0.2) is 0 Å². The largest absolute Gasteiger partial charge is 0.348 e. The molecule has 0 bridgehead atoms. The van der Waals surface area contributed by atoms with Crippen LogP contribution >= 0.6 is 0 Å². The number of quaternary nitrogens is 1. The predicted octanol–water partition coefficient (Wildman–Crippen LogP) is 5.79. The molecule has 2 N–H and O–H groups in total. The molecule has 0 radical (unpaired) electrons. The number of hydrogen-bond donors (Lipinski definition) is 2. The Morgan fingerprint density at radius 3 is 1.62 bits per heavy atom. The molecule has 0 saturated heterocycles. The number of carbonyl (C=O) groups excluding carboxylic acids is 2. The summed E-state index contributed by atoms with van der Waals surface area (Å²) in [5.41, 5.74) is 1.16. The second-order valence-electron chi connectivity index (χ2n) is 13.6. The highest BCUT2D eigenvalue weighted by atomic mass is 16.2. The number of amides is 2. The highest BCUT2D eigenvalue weighted by Crippen LogP contribution is 2.34. The van der Waals surface area contributed by atoms with E-state index in [1.807, 2.05) is 18.2 Å². The number of benzene rings is 1. The monoisotopic (exact) mass is 512 g/mol. The summed E-state index contributed by atoms with van der Waals surface area (Å²) in [7, 11) is 2.07. The summed E-state index contributed by atoms with van der Waals surface area (Å²) in [6.07, 6.45) is 6.95. The Balaban J connectivity index is 1.71. The highest BCUT2D eigenvalue weighted by molar-refractivity contribution is 5.79. The fourth-order valence-electron chi connectivity index (χ4n) is 7.13. The average Bonchev–Trinajstić information content (AvgIpc) is 2.78. The van der Waals surface area contributed by atoms with E-state index in [9.17, 15) is 9.59 Å². The Morgan fingerprint density at radius 1 is 0.784 bits per heavy atom. The van der Waals surface area contributed by atoms with E-state index in [4.69, 9.17) is 0 Å². The van der Waals surface area contributed by atoms with E-state index in [-0.39, 0.29) is 23.9 Å². The molecule has 2 aliphatic carbocycles. The van der Waals surface area contributed by atoms with Gasteiger partial charge in [0.25, 0.3) is 11.8 Å². The van der Waals surface area contributed by atoms with Crippen LogP contribution in [0.4, 0.5) is 0 Å². The molecule has 0 aliphatic heterocycles. The molecule has 0 aromatic heterocycles. The lowest BCUT2D eigenvalue weighted by molar-refractivity contribution is -0.907. The van der Waals surface area contributed by atoms with Crippen LogP contribution in [0, 0.1) is 35.5 Å². The quantitative estimate of drug-likeness (QED) is 0.390. The number of rotatable bonds is 10. The lowest BCUT2D eigenvalue weighted by atomic mass is 9.74. The van der Waals surface area contributed by atoms with E-state index >= 15 is 0 Å². The van der Waals surface area contributed by atoms with Crippen molar-refractivity contribution in [2.75, 3.05) is 20.1 Å². The van der Waals surface area contributed by atoms with Crippen LogP contribution in [0.5, 0.6) is 0 Å². The summed E-state index contributed by atoms with van der Waals surface area (Å²) in [5, 5.41) is 6.84. The Morgan fingerprint density at radius 2 is 1.22 bits per heavy atom. The molecule has 6 atom stereocenters. The fourth-order valence-corrected chi connectivity index (χ4v) is 7.13. The van der Waals surface area contributed by atoms with E-state index in [1.165, 1.54) is 25.7 Å². The van der Waals surface area contributed by atoms with Crippen LogP contribution in [0.25, 0.3) is 0 Å². The van der Waals surface area contributed by atoms with Crippen LogP contribution in [0.15, 0.2) is 30.3 Å². The van der Waals surface area contributed by atoms with E-state index in [0.717, 1.165) is 18.4 Å². The molecule has 0 unspecified atom stereocenters. The Labute approximate surface area is 226 Å². The highest BCUT2D eigenvalue weighted by Gasteiger charge is 2.37. The molecule has 208 valence electrons. The molecule has 0 spiro atoms. The van der Waals surface area contributed by atoms with Crippen LogP contribution < -0.4 is 10.6 Å².